The number of carbonyl (C=O) groups excluding carboxylic acids is 3. The lowest BCUT2D eigenvalue weighted by Crippen LogP contribution is -2.49. The van der Waals surface area contributed by atoms with Crippen molar-refractivity contribution in [1.29, 1.82) is 0 Å². The number of benzene rings is 3. The molecule has 0 aliphatic carbocycles. The molecule has 1 saturated heterocycles. The second-order valence-corrected chi connectivity index (χ2v) is 10.6. The van der Waals surface area contributed by atoms with Crippen LogP contribution in [0.4, 0.5) is 5.69 Å². The maximum Gasteiger partial charge on any atom is 0.238 e. The summed E-state index contributed by atoms with van der Waals surface area (Å²) in [6, 6.07) is 23.8. The van der Waals surface area contributed by atoms with Gasteiger partial charge in [-0.05, 0) is 59.2 Å². The minimum Gasteiger partial charge on any atom is -0.454 e. The van der Waals surface area contributed by atoms with Crippen LogP contribution in [0.15, 0.2) is 97.3 Å². The Hall–Kier alpha value is -5.24. The molecular formula is C33H23N3O5. The van der Waals surface area contributed by atoms with Crippen LogP contribution in [0.1, 0.15) is 43.6 Å². The molecule has 1 amide bonds. The van der Waals surface area contributed by atoms with Crippen LogP contribution in [0.3, 0.4) is 0 Å². The van der Waals surface area contributed by atoms with E-state index in [0.717, 1.165) is 11.1 Å². The summed E-state index contributed by atoms with van der Waals surface area (Å²) in [4.78, 5) is 50.0. The van der Waals surface area contributed by atoms with Gasteiger partial charge in [0.05, 0.1) is 12.0 Å². The normalized spacial score (nSPS) is 24.5. The van der Waals surface area contributed by atoms with Crippen molar-refractivity contribution in [2.75, 3.05) is 12.1 Å². The minimum atomic E-state index is -1.40. The fraction of sp³-hybridized carbons (Fsp3) is 0.152. The molecule has 200 valence electrons. The first kappa shape index (κ1) is 23.6. The van der Waals surface area contributed by atoms with Crippen LogP contribution in [0.5, 0.6) is 11.5 Å². The Kier molecular flexibility index (Phi) is 4.97. The molecule has 0 unspecified atom stereocenters. The van der Waals surface area contributed by atoms with Gasteiger partial charge in [-0.2, -0.15) is 0 Å². The standard InChI is InChI=1S/C33H23N3O5/c37-29(20-12-13-25-26(17-20)41-18-40-25)28-27(30(38)24-11-5-6-15-34-24)33(22-9-3-4-10-23(22)35-32(33)39)31-21-8-2-1-7-19(21)14-16-36(28)31/h1-17,27-28,31H,18H2,(H,35,39)/t27-,28-,31+,33+/m0/s1. The number of amides is 1. The third-order valence-corrected chi connectivity index (χ3v) is 8.70. The van der Waals surface area contributed by atoms with Crippen molar-refractivity contribution in [3.63, 3.8) is 0 Å². The van der Waals surface area contributed by atoms with Gasteiger partial charge in [-0.3, -0.25) is 19.4 Å². The predicted octanol–water partition coefficient (Wildman–Crippen LogP) is 4.79. The molecule has 0 saturated carbocycles. The van der Waals surface area contributed by atoms with Crippen molar-refractivity contribution in [3.05, 3.63) is 125 Å². The number of fused-ring (bicyclic) bond motifs is 7. The summed E-state index contributed by atoms with van der Waals surface area (Å²) < 4.78 is 11.0. The summed E-state index contributed by atoms with van der Waals surface area (Å²) in [7, 11) is 0. The van der Waals surface area contributed by atoms with E-state index in [1.807, 2.05) is 65.7 Å². The van der Waals surface area contributed by atoms with Crippen LogP contribution in [-0.2, 0) is 10.2 Å². The number of hydrogen-bond acceptors (Lipinski definition) is 7. The summed E-state index contributed by atoms with van der Waals surface area (Å²) in [5.41, 5.74) is 2.32. The van der Waals surface area contributed by atoms with Crippen molar-refractivity contribution in [2.45, 2.75) is 17.5 Å². The average molecular weight is 542 g/mol. The molecule has 41 heavy (non-hydrogen) atoms. The van der Waals surface area contributed by atoms with Gasteiger partial charge < -0.3 is 19.7 Å². The van der Waals surface area contributed by atoms with Gasteiger partial charge >= 0.3 is 0 Å². The van der Waals surface area contributed by atoms with E-state index in [9.17, 15) is 14.4 Å². The van der Waals surface area contributed by atoms with Gasteiger partial charge in [0.15, 0.2) is 23.1 Å². The molecule has 4 aliphatic heterocycles. The van der Waals surface area contributed by atoms with Crippen molar-refractivity contribution >= 4 is 29.2 Å². The van der Waals surface area contributed by atoms with Gasteiger partial charge in [0.2, 0.25) is 12.7 Å². The van der Waals surface area contributed by atoms with E-state index in [4.69, 9.17) is 9.47 Å². The first-order valence-corrected chi connectivity index (χ1v) is 13.4. The Bertz CT molecular complexity index is 1800. The van der Waals surface area contributed by atoms with Crippen LogP contribution in [0, 0.1) is 5.92 Å². The predicted molar refractivity (Wildman–Crippen MR) is 150 cm³/mol. The zero-order valence-corrected chi connectivity index (χ0v) is 21.7. The van der Waals surface area contributed by atoms with Gasteiger partial charge in [-0.1, -0.05) is 48.5 Å². The quantitative estimate of drug-likeness (QED) is 0.371. The van der Waals surface area contributed by atoms with Crippen LogP contribution in [0.2, 0.25) is 0 Å². The molecule has 4 aromatic rings. The maximum atomic E-state index is 14.7. The first-order chi connectivity index (χ1) is 20.1. The lowest BCUT2D eigenvalue weighted by atomic mass is 9.63. The fourth-order valence-electron chi connectivity index (χ4n) is 7.06. The third kappa shape index (κ3) is 3.15. The molecule has 4 aliphatic rings. The molecule has 4 atom stereocenters. The Balaban J connectivity index is 1.41. The van der Waals surface area contributed by atoms with Gasteiger partial charge in [-0.15, -0.1) is 0 Å². The first-order valence-electron chi connectivity index (χ1n) is 13.4. The van der Waals surface area contributed by atoms with E-state index in [0.29, 0.717) is 28.3 Å². The van der Waals surface area contributed by atoms with Crippen molar-refractivity contribution in [1.82, 2.24) is 9.88 Å². The molecule has 1 spiro atoms. The van der Waals surface area contributed by atoms with E-state index in [1.165, 1.54) is 0 Å². The van der Waals surface area contributed by atoms with E-state index in [-0.39, 0.29) is 30.0 Å². The van der Waals surface area contributed by atoms with E-state index in [2.05, 4.69) is 10.3 Å². The maximum absolute atomic E-state index is 14.7. The third-order valence-electron chi connectivity index (χ3n) is 8.70. The Morgan fingerprint density at radius 1 is 0.902 bits per heavy atom. The zero-order chi connectivity index (χ0) is 27.7. The number of rotatable bonds is 4. The molecule has 1 fully saturated rings. The monoisotopic (exact) mass is 541 g/mol. The smallest absolute Gasteiger partial charge is 0.238 e. The lowest BCUT2D eigenvalue weighted by molar-refractivity contribution is -0.122. The summed E-state index contributed by atoms with van der Waals surface area (Å²) in [6.07, 6.45) is 5.34. The van der Waals surface area contributed by atoms with Gasteiger partial charge in [0, 0.05) is 23.6 Å². The number of para-hydroxylation sites is 1. The molecule has 8 heteroatoms. The van der Waals surface area contributed by atoms with Crippen LogP contribution in [-0.4, -0.2) is 40.2 Å². The summed E-state index contributed by atoms with van der Waals surface area (Å²) in [5.74, 6) is -1.03. The van der Waals surface area contributed by atoms with Gasteiger partial charge in [0.25, 0.3) is 0 Å². The number of nitrogens with zero attached hydrogens (tertiary/aromatic N) is 2. The summed E-state index contributed by atoms with van der Waals surface area (Å²) in [6.45, 7) is 0.0744. The lowest BCUT2D eigenvalue weighted by Gasteiger charge is -2.38. The van der Waals surface area contributed by atoms with Gasteiger partial charge in [0.1, 0.15) is 17.2 Å². The summed E-state index contributed by atoms with van der Waals surface area (Å²) >= 11 is 0. The summed E-state index contributed by atoms with van der Waals surface area (Å²) in [5, 5.41) is 3.05. The Morgan fingerprint density at radius 3 is 2.59 bits per heavy atom. The number of aromatic nitrogens is 1. The number of ketones is 2. The molecule has 8 rings (SSSR count). The van der Waals surface area contributed by atoms with Crippen LogP contribution >= 0.6 is 0 Å². The zero-order valence-electron chi connectivity index (χ0n) is 21.7. The highest BCUT2D eigenvalue weighted by Crippen LogP contribution is 2.62. The molecule has 8 nitrogen and oxygen atoms in total. The molecule has 3 aromatic carbocycles. The number of hydrogen-bond donors (Lipinski definition) is 1. The number of ether oxygens (including phenoxy) is 2. The molecular weight excluding hydrogens is 518 g/mol. The van der Waals surface area contributed by atoms with E-state index < -0.39 is 23.4 Å². The Labute approximate surface area is 235 Å². The SMILES string of the molecule is O=C(c1ccc2c(c1)OCO2)[C@@H]1[C@@H](C(=O)c2ccccn2)[C@@]2(C(=O)Nc3ccccc32)[C@H]2c3ccccc3C=CN12. The van der Waals surface area contributed by atoms with Crippen molar-refractivity contribution in [3.8, 4) is 11.5 Å². The van der Waals surface area contributed by atoms with Gasteiger partial charge in [-0.25, -0.2) is 0 Å². The number of nitrogens with one attached hydrogen (secondary N) is 1. The van der Waals surface area contributed by atoms with Crippen molar-refractivity contribution < 1.29 is 23.9 Å². The topological polar surface area (TPSA) is 97.8 Å². The van der Waals surface area contributed by atoms with E-state index >= 15 is 0 Å². The average Bonchev–Trinajstić information content (AvgIpc) is 3.70. The molecule has 1 aromatic heterocycles. The second-order valence-electron chi connectivity index (χ2n) is 10.6. The van der Waals surface area contributed by atoms with Crippen molar-refractivity contribution in [2.24, 2.45) is 5.92 Å². The largest absolute Gasteiger partial charge is 0.454 e. The fourth-order valence-corrected chi connectivity index (χ4v) is 7.06. The minimum absolute atomic E-state index is 0.0744. The highest BCUT2D eigenvalue weighted by molar-refractivity contribution is 6.16. The number of anilines is 1. The van der Waals surface area contributed by atoms with Crippen LogP contribution < -0.4 is 14.8 Å². The number of pyridine rings is 1. The second kappa shape index (κ2) is 8.63. The number of Topliss-reactive ketones (excluding diaryl/α,β-unsaturated/α-hetero) is 2. The van der Waals surface area contributed by atoms with E-state index in [1.54, 1.807) is 42.6 Å². The molecule has 1 N–H and O–H groups in total. The number of carbonyl (C=O) groups is 3. The van der Waals surface area contributed by atoms with Crippen LogP contribution in [0.25, 0.3) is 6.08 Å². The molecule has 0 radical (unpaired) electrons. The highest BCUT2D eigenvalue weighted by Gasteiger charge is 2.70. The molecule has 0 bridgehead atoms. The molecule has 5 heterocycles. The Morgan fingerprint density at radius 2 is 1.71 bits per heavy atom. The highest BCUT2D eigenvalue weighted by atomic mass is 16.7.